The average Bonchev–Trinajstić information content (AvgIpc) is 2.83. The second-order valence-corrected chi connectivity index (χ2v) is 6.26. The smallest absolute Gasteiger partial charge is 0.0913 e. The normalized spacial score (nSPS) is 16.3. The molecule has 0 amide bonds. The van der Waals surface area contributed by atoms with Crippen molar-refractivity contribution in [2.24, 2.45) is 0 Å². The van der Waals surface area contributed by atoms with Crippen LogP contribution in [0.15, 0.2) is 41.8 Å². The van der Waals surface area contributed by atoms with Gasteiger partial charge in [-0.1, -0.05) is 23.7 Å². The highest BCUT2D eigenvalue weighted by atomic mass is 35.5. The molecule has 1 aromatic carbocycles. The lowest BCUT2D eigenvalue weighted by Gasteiger charge is -2.50. The molecule has 3 rings (SSSR count). The molecule has 0 atom stereocenters. The van der Waals surface area contributed by atoms with Crippen molar-refractivity contribution in [3.63, 3.8) is 0 Å². The van der Waals surface area contributed by atoms with Gasteiger partial charge in [-0.2, -0.15) is 0 Å². The first kappa shape index (κ1) is 14.7. The van der Waals surface area contributed by atoms with Gasteiger partial charge < -0.3 is 4.90 Å². The monoisotopic (exact) mass is 313 g/mol. The highest BCUT2D eigenvalue weighted by Crippen LogP contribution is 2.48. The van der Waals surface area contributed by atoms with E-state index in [9.17, 15) is 0 Å². The number of anilines is 1. The Bertz CT molecular complexity index is 518. The van der Waals surface area contributed by atoms with E-state index in [1.807, 2.05) is 12.1 Å². The fraction of sp³-hybridized carbons (Fsp3) is 0.333. The van der Waals surface area contributed by atoms with Gasteiger partial charge in [-0.25, -0.2) is 0 Å². The summed E-state index contributed by atoms with van der Waals surface area (Å²) in [7, 11) is 2.21. The van der Waals surface area contributed by atoms with Crippen LogP contribution in [0.25, 0.3) is 0 Å². The van der Waals surface area contributed by atoms with Gasteiger partial charge in [0.05, 0.1) is 10.5 Å². The molecule has 1 heterocycles. The Morgan fingerprint density at radius 2 is 1.84 bits per heavy atom. The number of nitrogens with zero attached hydrogens (tertiary/aromatic N) is 1. The zero-order valence-corrected chi connectivity index (χ0v) is 13.2. The van der Waals surface area contributed by atoms with Gasteiger partial charge >= 0.3 is 0 Å². The number of hydrogen-bond donors (Lipinski definition) is 0. The number of thiophene rings is 1. The van der Waals surface area contributed by atoms with Crippen LogP contribution in [0.1, 0.15) is 24.8 Å². The maximum Gasteiger partial charge on any atom is 0.0913 e. The first-order valence-corrected chi connectivity index (χ1v) is 7.51. The van der Waals surface area contributed by atoms with Gasteiger partial charge in [0.15, 0.2) is 0 Å². The molecule has 1 nitrogen and oxygen atoms in total. The summed E-state index contributed by atoms with van der Waals surface area (Å²) in [5.74, 6) is 0. The van der Waals surface area contributed by atoms with Crippen LogP contribution in [0.2, 0.25) is 5.02 Å². The third-order valence-corrected chi connectivity index (χ3v) is 5.24. The summed E-state index contributed by atoms with van der Waals surface area (Å²) in [6.45, 7) is 0. The van der Waals surface area contributed by atoms with E-state index in [1.54, 1.807) is 11.3 Å². The molecule has 1 saturated carbocycles. The number of rotatable bonds is 3. The van der Waals surface area contributed by atoms with Crippen LogP contribution in [-0.4, -0.2) is 7.05 Å². The van der Waals surface area contributed by atoms with E-state index >= 15 is 0 Å². The van der Waals surface area contributed by atoms with Crippen molar-refractivity contribution in [1.29, 1.82) is 0 Å². The lowest BCUT2D eigenvalue weighted by molar-refractivity contribution is 0.242. The van der Waals surface area contributed by atoms with Crippen molar-refractivity contribution in [3.8, 4) is 0 Å². The predicted molar refractivity (Wildman–Crippen MR) is 87.0 cm³/mol. The molecular weight excluding hydrogens is 297 g/mol. The molecule has 1 aromatic heterocycles. The molecule has 102 valence electrons. The zero-order chi connectivity index (χ0) is 12.6. The summed E-state index contributed by atoms with van der Waals surface area (Å²) in [5, 5.41) is 4.29. The fourth-order valence-corrected chi connectivity index (χ4v) is 3.67. The second-order valence-electron chi connectivity index (χ2n) is 4.90. The Balaban J connectivity index is 0.00000133. The molecule has 0 saturated heterocycles. The van der Waals surface area contributed by atoms with E-state index in [-0.39, 0.29) is 17.9 Å². The Kier molecular flexibility index (Phi) is 4.44. The minimum absolute atomic E-state index is 0. The lowest BCUT2D eigenvalue weighted by Crippen LogP contribution is -2.49. The van der Waals surface area contributed by atoms with Crippen molar-refractivity contribution in [2.45, 2.75) is 24.8 Å². The summed E-state index contributed by atoms with van der Waals surface area (Å²) in [6.07, 6.45) is 3.75. The second kappa shape index (κ2) is 5.74. The van der Waals surface area contributed by atoms with Gasteiger partial charge in [-0.05, 0) is 54.5 Å². The summed E-state index contributed by atoms with van der Waals surface area (Å²) in [6, 6.07) is 12.7. The number of halogens is 2. The van der Waals surface area contributed by atoms with Crippen LogP contribution in [0.3, 0.4) is 0 Å². The van der Waals surface area contributed by atoms with Crippen LogP contribution in [0.5, 0.6) is 0 Å². The van der Waals surface area contributed by atoms with Crippen LogP contribution >= 0.6 is 35.3 Å². The topological polar surface area (TPSA) is 3.24 Å². The summed E-state index contributed by atoms with van der Waals surface area (Å²) < 4.78 is 0. The van der Waals surface area contributed by atoms with Gasteiger partial charge in [-0.15, -0.1) is 23.7 Å². The predicted octanol–water partition coefficient (Wildman–Crippen LogP) is 5.34. The molecule has 0 radical (unpaired) electrons. The minimum Gasteiger partial charge on any atom is -0.357 e. The number of benzene rings is 1. The first-order chi connectivity index (χ1) is 8.72. The van der Waals surface area contributed by atoms with Gasteiger partial charge in [-0.3, -0.25) is 0 Å². The van der Waals surface area contributed by atoms with Crippen LogP contribution in [0.4, 0.5) is 5.00 Å². The molecule has 1 aliphatic rings. The Morgan fingerprint density at radius 3 is 2.32 bits per heavy atom. The third-order valence-electron chi connectivity index (χ3n) is 4.04. The molecular formula is C15H17Cl2NS. The molecule has 1 aliphatic carbocycles. The van der Waals surface area contributed by atoms with Crippen molar-refractivity contribution >= 4 is 40.3 Å². The summed E-state index contributed by atoms with van der Waals surface area (Å²) in [4.78, 5) is 2.43. The Labute approximate surface area is 129 Å². The van der Waals surface area contributed by atoms with E-state index in [1.165, 1.54) is 29.8 Å². The maximum absolute atomic E-state index is 5.99. The summed E-state index contributed by atoms with van der Waals surface area (Å²) >= 11 is 7.80. The molecule has 1 fully saturated rings. The SMILES string of the molecule is CN(c1cccs1)C1(c2ccc(Cl)cc2)CCC1.Cl. The van der Waals surface area contributed by atoms with Crippen molar-refractivity contribution in [3.05, 3.63) is 52.4 Å². The largest absolute Gasteiger partial charge is 0.357 e. The highest BCUT2D eigenvalue weighted by Gasteiger charge is 2.42. The summed E-state index contributed by atoms with van der Waals surface area (Å²) in [5.41, 5.74) is 1.56. The molecule has 19 heavy (non-hydrogen) atoms. The molecule has 4 heteroatoms. The van der Waals surface area contributed by atoms with Crippen LogP contribution < -0.4 is 4.90 Å². The standard InChI is InChI=1S/C15H16ClNS.ClH/c1-17(14-4-2-11-18-14)15(9-3-10-15)12-5-7-13(16)8-6-12;/h2,4-8,11H,3,9-10H2,1H3;1H. The van der Waals surface area contributed by atoms with E-state index < -0.39 is 0 Å². The van der Waals surface area contributed by atoms with E-state index in [2.05, 4.69) is 41.6 Å². The Hall–Kier alpha value is -0.700. The maximum atomic E-state index is 5.99. The van der Waals surface area contributed by atoms with Crippen LogP contribution in [-0.2, 0) is 5.54 Å². The van der Waals surface area contributed by atoms with Crippen molar-refractivity contribution in [1.82, 2.24) is 0 Å². The molecule has 0 N–H and O–H groups in total. The van der Waals surface area contributed by atoms with Crippen LogP contribution in [0, 0.1) is 0 Å². The highest BCUT2D eigenvalue weighted by molar-refractivity contribution is 7.14. The third kappa shape index (κ3) is 2.49. The molecule has 0 bridgehead atoms. The van der Waals surface area contributed by atoms with E-state index in [4.69, 9.17) is 11.6 Å². The molecule has 2 aromatic rings. The Morgan fingerprint density at radius 1 is 1.16 bits per heavy atom. The fourth-order valence-electron chi connectivity index (χ4n) is 2.76. The molecule has 0 unspecified atom stereocenters. The lowest BCUT2D eigenvalue weighted by atomic mass is 9.71. The van der Waals surface area contributed by atoms with Gasteiger partial charge in [0, 0.05) is 12.1 Å². The van der Waals surface area contributed by atoms with E-state index in [0.717, 1.165) is 5.02 Å². The average molecular weight is 314 g/mol. The van der Waals surface area contributed by atoms with Crippen molar-refractivity contribution in [2.75, 3.05) is 11.9 Å². The zero-order valence-electron chi connectivity index (χ0n) is 10.8. The molecule has 0 aliphatic heterocycles. The van der Waals surface area contributed by atoms with Gasteiger partial charge in [0.1, 0.15) is 0 Å². The van der Waals surface area contributed by atoms with E-state index in [0.29, 0.717) is 0 Å². The molecule has 0 spiro atoms. The quantitative estimate of drug-likeness (QED) is 0.739. The van der Waals surface area contributed by atoms with Gasteiger partial charge in [0.2, 0.25) is 0 Å². The number of hydrogen-bond acceptors (Lipinski definition) is 2. The van der Waals surface area contributed by atoms with Crippen molar-refractivity contribution < 1.29 is 0 Å². The van der Waals surface area contributed by atoms with Gasteiger partial charge in [0.25, 0.3) is 0 Å². The first-order valence-electron chi connectivity index (χ1n) is 6.26. The minimum atomic E-state index is 0.